The number of ether oxygens (including phenoxy) is 2. The maximum absolute atomic E-state index is 5.96. The van der Waals surface area contributed by atoms with Crippen molar-refractivity contribution in [1.82, 2.24) is 4.98 Å². The molecule has 0 spiro atoms. The lowest BCUT2D eigenvalue weighted by Gasteiger charge is -2.12. The number of nitrogens with zero attached hydrogens (tertiary/aromatic N) is 1. The van der Waals surface area contributed by atoms with Gasteiger partial charge in [-0.2, -0.15) is 0 Å². The molecule has 0 radical (unpaired) electrons. The van der Waals surface area contributed by atoms with E-state index >= 15 is 0 Å². The molecular formula is C17H16N2O2. The van der Waals surface area contributed by atoms with Crippen LogP contribution in [0.25, 0.3) is 10.8 Å². The van der Waals surface area contributed by atoms with Crippen LogP contribution in [0.15, 0.2) is 48.7 Å². The average molecular weight is 280 g/mol. The molecule has 0 saturated carbocycles. The van der Waals surface area contributed by atoms with Gasteiger partial charge in [-0.3, -0.25) is 0 Å². The third-order valence-corrected chi connectivity index (χ3v) is 3.47. The van der Waals surface area contributed by atoms with Crippen molar-refractivity contribution in [2.45, 2.75) is 6.92 Å². The SMILES string of the molecule is COc1ccc2ccnc(Oc3cccc(N)c3C)c2c1. The van der Waals surface area contributed by atoms with Gasteiger partial charge in [-0.25, -0.2) is 4.98 Å². The average Bonchev–Trinajstić information content (AvgIpc) is 2.51. The van der Waals surface area contributed by atoms with Crippen molar-refractivity contribution < 1.29 is 9.47 Å². The summed E-state index contributed by atoms with van der Waals surface area (Å²) in [7, 11) is 1.64. The highest BCUT2D eigenvalue weighted by molar-refractivity contribution is 5.88. The number of methoxy groups -OCH3 is 1. The van der Waals surface area contributed by atoms with Gasteiger partial charge in [0.1, 0.15) is 11.5 Å². The van der Waals surface area contributed by atoms with Crippen LogP contribution < -0.4 is 15.2 Å². The molecule has 0 aliphatic heterocycles. The molecule has 0 aliphatic rings. The number of anilines is 1. The first kappa shape index (κ1) is 13.2. The largest absolute Gasteiger partial charge is 0.497 e. The maximum Gasteiger partial charge on any atom is 0.227 e. The molecule has 0 amide bonds. The van der Waals surface area contributed by atoms with Gasteiger partial charge in [0.15, 0.2) is 0 Å². The van der Waals surface area contributed by atoms with Crippen LogP contribution in [0.4, 0.5) is 5.69 Å². The number of benzene rings is 2. The topological polar surface area (TPSA) is 57.4 Å². The van der Waals surface area contributed by atoms with Crippen LogP contribution in [0.1, 0.15) is 5.56 Å². The Kier molecular flexibility index (Phi) is 3.36. The van der Waals surface area contributed by atoms with Crippen LogP contribution in [-0.4, -0.2) is 12.1 Å². The van der Waals surface area contributed by atoms with E-state index in [-0.39, 0.29) is 0 Å². The smallest absolute Gasteiger partial charge is 0.227 e. The zero-order valence-electron chi connectivity index (χ0n) is 12.0. The highest BCUT2D eigenvalue weighted by Crippen LogP contribution is 2.33. The minimum atomic E-state index is 0.542. The van der Waals surface area contributed by atoms with Gasteiger partial charge in [-0.15, -0.1) is 0 Å². The summed E-state index contributed by atoms with van der Waals surface area (Å²) in [5.74, 6) is 2.02. The molecule has 0 unspecified atom stereocenters. The number of nitrogens with two attached hydrogens (primary N) is 1. The van der Waals surface area contributed by atoms with Crippen LogP contribution in [0.3, 0.4) is 0 Å². The summed E-state index contributed by atoms with van der Waals surface area (Å²) in [5.41, 5.74) is 7.51. The summed E-state index contributed by atoms with van der Waals surface area (Å²) in [6, 6.07) is 13.3. The number of pyridine rings is 1. The molecule has 0 aliphatic carbocycles. The van der Waals surface area contributed by atoms with E-state index in [9.17, 15) is 0 Å². The third kappa shape index (κ3) is 2.48. The second-order valence-corrected chi connectivity index (χ2v) is 4.78. The maximum atomic E-state index is 5.96. The van der Waals surface area contributed by atoms with E-state index in [1.165, 1.54) is 0 Å². The number of fused-ring (bicyclic) bond motifs is 1. The van der Waals surface area contributed by atoms with E-state index in [0.717, 1.165) is 22.1 Å². The lowest BCUT2D eigenvalue weighted by Crippen LogP contribution is -1.95. The van der Waals surface area contributed by atoms with Gasteiger partial charge in [0.25, 0.3) is 0 Å². The standard InChI is InChI=1S/C17H16N2O2/c1-11-15(18)4-3-5-16(11)21-17-14-10-13(20-2)7-6-12(14)8-9-19-17/h3-10H,18H2,1-2H3. The first-order valence-electron chi connectivity index (χ1n) is 6.65. The van der Waals surface area contributed by atoms with E-state index < -0.39 is 0 Å². The van der Waals surface area contributed by atoms with Crippen molar-refractivity contribution in [2.24, 2.45) is 0 Å². The van der Waals surface area contributed by atoms with Crippen molar-refractivity contribution in [1.29, 1.82) is 0 Å². The van der Waals surface area contributed by atoms with E-state index in [0.29, 0.717) is 17.3 Å². The molecule has 3 aromatic rings. The zero-order valence-corrected chi connectivity index (χ0v) is 12.0. The Balaban J connectivity index is 2.09. The number of rotatable bonds is 3. The van der Waals surface area contributed by atoms with Gasteiger partial charge in [-0.05, 0) is 42.6 Å². The van der Waals surface area contributed by atoms with Crippen molar-refractivity contribution >= 4 is 16.5 Å². The van der Waals surface area contributed by atoms with Gasteiger partial charge in [0.05, 0.1) is 7.11 Å². The quantitative estimate of drug-likeness (QED) is 0.739. The fourth-order valence-corrected chi connectivity index (χ4v) is 2.18. The molecule has 0 saturated heterocycles. The first-order valence-corrected chi connectivity index (χ1v) is 6.65. The first-order chi connectivity index (χ1) is 10.2. The lowest BCUT2D eigenvalue weighted by molar-refractivity contribution is 0.415. The van der Waals surface area contributed by atoms with Crippen LogP contribution >= 0.6 is 0 Å². The molecular weight excluding hydrogens is 264 g/mol. The minimum absolute atomic E-state index is 0.542. The summed E-state index contributed by atoms with van der Waals surface area (Å²) in [4.78, 5) is 4.33. The zero-order chi connectivity index (χ0) is 14.8. The Bertz CT molecular complexity index is 800. The van der Waals surface area contributed by atoms with Crippen molar-refractivity contribution in [3.05, 3.63) is 54.2 Å². The number of hydrogen-bond acceptors (Lipinski definition) is 4. The molecule has 2 N–H and O–H groups in total. The summed E-state index contributed by atoms with van der Waals surface area (Å²) in [6.07, 6.45) is 1.73. The monoisotopic (exact) mass is 280 g/mol. The molecule has 106 valence electrons. The number of hydrogen-bond donors (Lipinski definition) is 1. The van der Waals surface area contributed by atoms with Crippen LogP contribution in [0.2, 0.25) is 0 Å². The summed E-state index contributed by atoms with van der Waals surface area (Å²) in [5, 5.41) is 1.95. The highest BCUT2D eigenvalue weighted by atomic mass is 16.5. The molecule has 4 heteroatoms. The Morgan fingerprint density at radius 2 is 1.95 bits per heavy atom. The molecule has 2 aromatic carbocycles. The van der Waals surface area contributed by atoms with Crippen LogP contribution in [-0.2, 0) is 0 Å². The summed E-state index contributed by atoms with van der Waals surface area (Å²) < 4.78 is 11.2. The van der Waals surface area contributed by atoms with Crippen LogP contribution in [0.5, 0.6) is 17.4 Å². The minimum Gasteiger partial charge on any atom is -0.497 e. The van der Waals surface area contributed by atoms with Crippen molar-refractivity contribution in [2.75, 3.05) is 12.8 Å². The highest BCUT2D eigenvalue weighted by Gasteiger charge is 2.09. The molecule has 4 nitrogen and oxygen atoms in total. The fraction of sp³-hybridized carbons (Fsp3) is 0.118. The molecule has 1 aromatic heterocycles. The lowest BCUT2D eigenvalue weighted by atomic mass is 10.1. The van der Waals surface area contributed by atoms with Gasteiger partial charge < -0.3 is 15.2 Å². The summed E-state index contributed by atoms with van der Waals surface area (Å²) >= 11 is 0. The van der Waals surface area contributed by atoms with Crippen LogP contribution in [0, 0.1) is 6.92 Å². The number of aromatic nitrogens is 1. The Morgan fingerprint density at radius 3 is 2.76 bits per heavy atom. The molecule has 0 fully saturated rings. The second kappa shape index (κ2) is 5.32. The van der Waals surface area contributed by atoms with Gasteiger partial charge in [0, 0.05) is 22.8 Å². The molecule has 0 atom stereocenters. The normalized spacial score (nSPS) is 10.6. The van der Waals surface area contributed by atoms with E-state index in [1.54, 1.807) is 13.3 Å². The molecule has 1 heterocycles. The van der Waals surface area contributed by atoms with Gasteiger partial charge >= 0.3 is 0 Å². The van der Waals surface area contributed by atoms with Crippen molar-refractivity contribution in [3.8, 4) is 17.4 Å². The molecule has 0 bridgehead atoms. The van der Waals surface area contributed by atoms with E-state index in [2.05, 4.69) is 4.98 Å². The Labute approximate surface area is 123 Å². The van der Waals surface area contributed by atoms with E-state index in [1.807, 2.05) is 49.4 Å². The second-order valence-electron chi connectivity index (χ2n) is 4.78. The Hall–Kier alpha value is -2.75. The predicted octanol–water partition coefficient (Wildman–Crippen LogP) is 3.93. The van der Waals surface area contributed by atoms with Gasteiger partial charge in [-0.1, -0.05) is 12.1 Å². The Morgan fingerprint density at radius 1 is 1.10 bits per heavy atom. The third-order valence-electron chi connectivity index (χ3n) is 3.47. The summed E-state index contributed by atoms with van der Waals surface area (Å²) in [6.45, 7) is 1.93. The number of nitrogen functional groups attached to an aromatic ring is 1. The van der Waals surface area contributed by atoms with E-state index in [4.69, 9.17) is 15.2 Å². The van der Waals surface area contributed by atoms with Crippen molar-refractivity contribution in [3.63, 3.8) is 0 Å². The molecule has 3 rings (SSSR count). The van der Waals surface area contributed by atoms with Gasteiger partial charge in [0.2, 0.25) is 5.88 Å². The fourth-order valence-electron chi connectivity index (χ4n) is 2.18. The molecule has 21 heavy (non-hydrogen) atoms. The predicted molar refractivity (Wildman–Crippen MR) is 84.0 cm³/mol.